The van der Waals surface area contributed by atoms with Gasteiger partial charge in [0.05, 0.1) is 0 Å². The molecule has 0 aliphatic heterocycles. The van der Waals surface area contributed by atoms with Crippen molar-refractivity contribution in [2.75, 3.05) is 0 Å². The highest BCUT2D eigenvalue weighted by Crippen LogP contribution is 1.54. The van der Waals surface area contributed by atoms with E-state index in [0.717, 1.165) is 0 Å². The predicted octanol–water partition coefficient (Wildman–Crippen LogP) is -0.0295. The van der Waals surface area contributed by atoms with Crippen LogP contribution in [0, 0.1) is 10.3 Å². The highest BCUT2D eigenvalue weighted by atomic mass is 16.3. The standard InChI is InChI=1S/CH2N3O/c2-1(3)4-5/h2-3H. The van der Waals surface area contributed by atoms with Crippen molar-refractivity contribution in [2.24, 2.45) is 5.18 Å². The Morgan fingerprint density at radius 1 is 1.80 bits per heavy atom. The molecular formula is CH2N3O. The lowest BCUT2D eigenvalue weighted by molar-refractivity contribution is 1.34. The van der Waals surface area contributed by atoms with Gasteiger partial charge in [0.25, 0.3) is 5.96 Å². The van der Waals surface area contributed by atoms with E-state index >= 15 is 0 Å². The van der Waals surface area contributed by atoms with Gasteiger partial charge in [-0.25, -0.2) is 0 Å². The Balaban J connectivity index is 3.20. The van der Waals surface area contributed by atoms with Crippen LogP contribution < -0.4 is 5.73 Å². The summed E-state index contributed by atoms with van der Waals surface area (Å²) in [7, 11) is 0. The van der Waals surface area contributed by atoms with Crippen LogP contribution in [0.25, 0.3) is 0 Å². The van der Waals surface area contributed by atoms with Crippen LogP contribution >= 0.6 is 0 Å². The SMILES string of the molecule is [NH]C(=N)N=O. The second kappa shape index (κ2) is 1.40. The van der Waals surface area contributed by atoms with Crippen LogP contribution in [-0.2, 0) is 0 Å². The lowest BCUT2D eigenvalue weighted by Gasteiger charge is -1.61. The second-order valence-electron chi connectivity index (χ2n) is 0.440. The third kappa shape index (κ3) is 3.07. The quantitative estimate of drug-likeness (QED) is 0.243. The Morgan fingerprint density at radius 3 is 2.00 bits per heavy atom. The van der Waals surface area contributed by atoms with Gasteiger partial charge in [-0.1, -0.05) is 0 Å². The molecule has 0 atom stereocenters. The van der Waals surface area contributed by atoms with Crippen LogP contribution in [0.3, 0.4) is 0 Å². The summed E-state index contributed by atoms with van der Waals surface area (Å²) in [6.07, 6.45) is 0. The fourth-order valence-corrected chi connectivity index (χ4v) is 0. The monoisotopic (exact) mass is 72.0 g/mol. The van der Waals surface area contributed by atoms with Crippen LogP contribution in [-0.4, -0.2) is 5.96 Å². The van der Waals surface area contributed by atoms with Crippen molar-refractivity contribution in [3.8, 4) is 0 Å². The molecule has 0 aromatic rings. The molecule has 27 valence electrons. The van der Waals surface area contributed by atoms with Crippen LogP contribution in [0.5, 0.6) is 0 Å². The van der Waals surface area contributed by atoms with Gasteiger partial charge in [0.2, 0.25) is 0 Å². The van der Waals surface area contributed by atoms with Crippen LogP contribution in [0.1, 0.15) is 0 Å². The summed E-state index contributed by atoms with van der Waals surface area (Å²) in [6.45, 7) is 0. The fraction of sp³-hybridized carbons (Fsp3) is 0. The Bertz CT molecular complexity index is 57.9. The average Bonchev–Trinajstić information content (AvgIpc) is 1.38. The van der Waals surface area contributed by atoms with E-state index in [4.69, 9.17) is 16.1 Å². The Hall–Kier alpha value is -0.930. The number of hydrogen-bond donors (Lipinski definition) is 1. The average molecular weight is 72.0 g/mol. The minimum Gasteiger partial charge on any atom is -0.263 e. The molecule has 0 saturated carbocycles. The summed E-state index contributed by atoms with van der Waals surface area (Å²) < 4.78 is 0. The smallest absolute Gasteiger partial charge is 0.263 e. The normalized spacial score (nSPS) is 6.40. The molecule has 4 nitrogen and oxygen atoms in total. The van der Waals surface area contributed by atoms with Crippen molar-refractivity contribution in [3.05, 3.63) is 4.91 Å². The van der Waals surface area contributed by atoms with E-state index in [9.17, 15) is 0 Å². The Kier molecular flexibility index (Phi) is 1.14. The summed E-state index contributed by atoms with van der Waals surface area (Å²) in [5.74, 6) is -0.926. The van der Waals surface area contributed by atoms with Gasteiger partial charge in [0.15, 0.2) is 0 Å². The van der Waals surface area contributed by atoms with Crippen molar-refractivity contribution in [1.82, 2.24) is 5.73 Å². The molecular weight excluding hydrogens is 70.0 g/mol. The number of nitrogens with one attached hydrogen (secondary N) is 2. The first kappa shape index (κ1) is 4.07. The zero-order valence-electron chi connectivity index (χ0n) is 2.36. The molecule has 0 aromatic carbocycles. The van der Waals surface area contributed by atoms with Crippen LogP contribution in [0.2, 0.25) is 0 Å². The maximum Gasteiger partial charge on any atom is 0.276 e. The minimum atomic E-state index is -0.926. The maximum atomic E-state index is 8.84. The molecule has 1 radical (unpaired) electrons. The third-order valence-corrected chi connectivity index (χ3v) is 0.0913. The topological polar surface area (TPSA) is 77.1 Å². The third-order valence-electron chi connectivity index (χ3n) is 0.0913. The molecule has 0 aliphatic carbocycles. The molecule has 0 unspecified atom stereocenters. The first-order valence-corrected chi connectivity index (χ1v) is 0.906. The van der Waals surface area contributed by atoms with Crippen LogP contribution in [0.4, 0.5) is 0 Å². The molecule has 0 aromatic heterocycles. The van der Waals surface area contributed by atoms with Gasteiger partial charge in [-0.05, 0) is 0 Å². The van der Waals surface area contributed by atoms with Gasteiger partial charge in [-0.3, -0.25) is 11.1 Å². The van der Waals surface area contributed by atoms with Gasteiger partial charge < -0.3 is 0 Å². The Morgan fingerprint density at radius 2 is 2.00 bits per heavy atom. The molecule has 2 N–H and O–H groups in total. The van der Waals surface area contributed by atoms with Gasteiger partial charge in [-0.15, -0.1) is 4.91 Å². The number of hydrogen-bond acceptors (Lipinski definition) is 2. The highest BCUT2D eigenvalue weighted by Gasteiger charge is 1.72. The molecule has 4 heteroatoms. The van der Waals surface area contributed by atoms with E-state index in [0.29, 0.717) is 0 Å². The molecule has 0 amide bonds. The van der Waals surface area contributed by atoms with E-state index in [1.54, 1.807) is 0 Å². The summed E-state index contributed by atoms with van der Waals surface area (Å²) in [6, 6.07) is 0. The van der Waals surface area contributed by atoms with Gasteiger partial charge in [0.1, 0.15) is 0 Å². The van der Waals surface area contributed by atoms with E-state index in [2.05, 4.69) is 0 Å². The Labute approximate surface area is 28.5 Å². The van der Waals surface area contributed by atoms with Crippen molar-refractivity contribution >= 4 is 5.96 Å². The summed E-state index contributed by atoms with van der Waals surface area (Å²) >= 11 is 0. The van der Waals surface area contributed by atoms with E-state index in [-0.39, 0.29) is 0 Å². The number of nitrogens with zero attached hydrogens (tertiary/aromatic N) is 1. The first-order valence-electron chi connectivity index (χ1n) is 0.906. The van der Waals surface area contributed by atoms with Gasteiger partial charge in [0, 0.05) is 5.18 Å². The lowest BCUT2D eigenvalue weighted by atomic mass is 11.1. The molecule has 0 spiro atoms. The summed E-state index contributed by atoms with van der Waals surface area (Å²) in [4.78, 5) is 8.84. The maximum absolute atomic E-state index is 8.84. The molecule has 0 heterocycles. The molecule has 0 saturated heterocycles. The molecule has 0 rings (SSSR count). The summed E-state index contributed by atoms with van der Waals surface area (Å²) in [5.41, 5.74) is 5.93. The molecule has 0 bridgehead atoms. The van der Waals surface area contributed by atoms with E-state index in [1.165, 1.54) is 0 Å². The zero-order chi connectivity index (χ0) is 4.28. The van der Waals surface area contributed by atoms with E-state index < -0.39 is 5.96 Å². The van der Waals surface area contributed by atoms with E-state index in [1.807, 2.05) is 5.18 Å². The van der Waals surface area contributed by atoms with Gasteiger partial charge >= 0.3 is 0 Å². The van der Waals surface area contributed by atoms with Crippen molar-refractivity contribution in [1.29, 1.82) is 5.41 Å². The number of guanidine groups is 1. The summed E-state index contributed by atoms with van der Waals surface area (Å²) in [5, 5.41) is 7.82. The first-order chi connectivity index (χ1) is 2.27. The largest absolute Gasteiger partial charge is 0.276 e. The predicted molar refractivity (Wildman–Crippen MR) is 16.6 cm³/mol. The number of nitroso groups, excluding NO2 is 1. The molecule has 0 aliphatic rings. The highest BCUT2D eigenvalue weighted by molar-refractivity contribution is 5.73. The lowest BCUT2D eigenvalue weighted by Crippen LogP contribution is -1.84. The van der Waals surface area contributed by atoms with Gasteiger partial charge in [-0.2, -0.15) is 0 Å². The van der Waals surface area contributed by atoms with Crippen LogP contribution in [0.15, 0.2) is 5.18 Å². The second-order valence-corrected chi connectivity index (χ2v) is 0.440. The van der Waals surface area contributed by atoms with Crippen molar-refractivity contribution < 1.29 is 0 Å². The zero-order valence-corrected chi connectivity index (χ0v) is 2.36. The minimum absolute atomic E-state index is 0.926. The van der Waals surface area contributed by atoms with Crippen molar-refractivity contribution in [2.45, 2.75) is 0 Å². The van der Waals surface area contributed by atoms with Crippen molar-refractivity contribution in [3.63, 3.8) is 0 Å². The fourth-order valence-electron chi connectivity index (χ4n) is 0. The molecule has 5 heavy (non-hydrogen) atoms. The molecule has 0 fully saturated rings. The number of rotatable bonds is 0.